The van der Waals surface area contributed by atoms with Crippen LogP contribution >= 0.6 is 0 Å². The van der Waals surface area contributed by atoms with Crippen molar-refractivity contribution in [2.45, 2.75) is 11.8 Å². The highest BCUT2D eigenvalue weighted by Crippen LogP contribution is 2.18. The number of hydrogen-bond acceptors (Lipinski definition) is 3. The van der Waals surface area contributed by atoms with Gasteiger partial charge in [-0.3, -0.25) is 4.79 Å². The van der Waals surface area contributed by atoms with E-state index >= 15 is 0 Å². The third kappa shape index (κ3) is 4.10. The molecule has 0 spiro atoms. The summed E-state index contributed by atoms with van der Waals surface area (Å²) in [5, 5.41) is 0. The van der Waals surface area contributed by atoms with Crippen LogP contribution in [0.15, 0.2) is 72.1 Å². The largest absolute Gasteiger partial charge is 0.309 e. The summed E-state index contributed by atoms with van der Waals surface area (Å²) < 4.78 is 26.5. The monoisotopic (exact) mass is 344 g/mol. The average molecular weight is 344 g/mol. The first-order valence-electron chi connectivity index (χ1n) is 7.57. The first-order valence-corrected chi connectivity index (χ1v) is 9.05. The third-order valence-corrected chi connectivity index (χ3v) is 4.90. The van der Waals surface area contributed by atoms with E-state index in [0.717, 1.165) is 5.69 Å². The van der Waals surface area contributed by atoms with Gasteiger partial charge < -0.3 is 4.90 Å². The van der Waals surface area contributed by atoms with E-state index in [1.165, 1.54) is 30.3 Å². The molecule has 0 heterocycles. The van der Waals surface area contributed by atoms with Gasteiger partial charge in [0.05, 0.1) is 4.90 Å². The Morgan fingerprint density at radius 3 is 2.29 bits per heavy atom. The molecule has 0 aliphatic heterocycles. The summed E-state index contributed by atoms with van der Waals surface area (Å²) in [4.78, 5) is 14.4. The highest BCUT2D eigenvalue weighted by Gasteiger charge is 2.18. The Morgan fingerprint density at radius 2 is 1.75 bits per heavy atom. The second-order valence-electron chi connectivity index (χ2n) is 5.05. The minimum absolute atomic E-state index is 0.114. The highest BCUT2D eigenvalue weighted by molar-refractivity contribution is 7.89. The molecule has 5 nitrogen and oxygen atoms in total. The van der Waals surface area contributed by atoms with E-state index in [0.29, 0.717) is 12.1 Å². The van der Waals surface area contributed by atoms with E-state index in [9.17, 15) is 13.2 Å². The Kier molecular flexibility index (Phi) is 5.89. The molecule has 2 aromatic rings. The fourth-order valence-electron chi connectivity index (χ4n) is 2.24. The average Bonchev–Trinajstić information content (AvgIpc) is 2.61. The van der Waals surface area contributed by atoms with Crippen LogP contribution in [0.3, 0.4) is 0 Å². The van der Waals surface area contributed by atoms with Gasteiger partial charge >= 0.3 is 0 Å². The summed E-state index contributed by atoms with van der Waals surface area (Å²) in [5.41, 5.74) is 1.23. The molecule has 0 radical (unpaired) electrons. The molecule has 0 fully saturated rings. The van der Waals surface area contributed by atoms with Crippen LogP contribution in [-0.2, 0) is 10.0 Å². The maximum atomic E-state index is 12.7. The zero-order valence-electron chi connectivity index (χ0n) is 13.5. The molecule has 0 aromatic heterocycles. The highest BCUT2D eigenvalue weighted by atomic mass is 32.2. The SMILES string of the molecule is C=CCNS(=O)(=O)c1ccc(C(=O)N(CC)c2ccccc2)cc1. The summed E-state index contributed by atoms with van der Waals surface area (Å²) in [6.07, 6.45) is 1.47. The molecule has 2 aromatic carbocycles. The number of sulfonamides is 1. The van der Waals surface area contributed by atoms with Gasteiger partial charge in [-0.05, 0) is 43.3 Å². The van der Waals surface area contributed by atoms with Gasteiger partial charge in [0.1, 0.15) is 0 Å². The first kappa shape index (κ1) is 17.9. The zero-order chi connectivity index (χ0) is 17.6. The summed E-state index contributed by atoms with van der Waals surface area (Å²) >= 11 is 0. The second kappa shape index (κ2) is 7.90. The number of carbonyl (C=O) groups excluding carboxylic acids is 1. The summed E-state index contributed by atoms with van der Waals surface area (Å²) in [7, 11) is -3.59. The summed E-state index contributed by atoms with van der Waals surface area (Å²) in [6, 6.07) is 15.2. The topological polar surface area (TPSA) is 66.5 Å². The summed E-state index contributed by atoms with van der Waals surface area (Å²) in [6.45, 7) is 6.04. The lowest BCUT2D eigenvalue weighted by Gasteiger charge is -2.21. The van der Waals surface area contributed by atoms with Crippen LogP contribution in [0.25, 0.3) is 0 Å². The van der Waals surface area contributed by atoms with E-state index in [2.05, 4.69) is 11.3 Å². The number of rotatable bonds is 7. The van der Waals surface area contributed by atoms with Crippen molar-refractivity contribution in [3.8, 4) is 0 Å². The fraction of sp³-hybridized carbons (Fsp3) is 0.167. The van der Waals surface area contributed by atoms with E-state index in [1.54, 1.807) is 4.90 Å². The maximum Gasteiger partial charge on any atom is 0.258 e. The molecule has 1 amide bonds. The van der Waals surface area contributed by atoms with Gasteiger partial charge in [-0.15, -0.1) is 6.58 Å². The van der Waals surface area contributed by atoms with Gasteiger partial charge in [-0.25, -0.2) is 13.1 Å². The third-order valence-electron chi connectivity index (χ3n) is 3.46. The van der Waals surface area contributed by atoms with E-state index in [1.807, 2.05) is 37.3 Å². The summed E-state index contributed by atoms with van der Waals surface area (Å²) in [5.74, 6) is -0.174. The lowest BCUT2D eigenvalue weighted by molar-refractivity contribution is 0.0988. The van der Waals surface area contributed by atoms with Gasteiger partial charge in [0, 0.05) is 24.3 Å². The Morgan fingerprint density at radius 1 is 1.12 bits per heavy atom. The molecular formula is C18H20N2O3S. The van der Waals surface area contributed by atoms with Gasteiger partial charge in [-0.1, -0.05) is 24.3 Å². The van der Waals surface area contributed by atoms with Crippen molar-refractivity contribution < 1.29 is 13.2 Å². The number of hydrogen-bond donors (Lipinski definition) is 1. The maximum absolute atomic E-state index is 12.7. The van der Waals surface area contributed by atoms with Gasteiger partial charge in [0.25, 0.3) is 5.91 Å². The molecule has 0 aliphatic rings. The molecule has 0 unspecified atom stereocenters. The lowest BCUT2D eigenvalue weighted by Crippen LogP contribution is -2.30. The van der Waals surface area contributed by atoms with Gasteiger partial charge in [-0.2, -0.15) is 0 Å². The van der Waals surface area contributed by atoms with Crippen LogP contribution in [-0.4, -0.2) is 27.4 Å². The standard InChI is InChI=1S/C18H20N2O3S/c1-3-14-19-24(22,23)17-12-10-15(11-13-17)18(21)20(4-2)16-8-6-5-7-9-16/h3,5-13,19H,1,4,14H2,2H3. The quantitative estimate of drug-likeness (QED) is 0.786. The Balaban J connectivity index is 2.23. The van der Waals surface area contributed by atoms with Crippen LogP contribution in [0.4, 0.5) is 5.69 Å². The van der Waals surface area contributed by atoms with Crippen molar-refractivity contribution >= 4 is 21.6 Å². The van der Waals surface area contributed by atoms with Crippen molar-refractivity contribution in [1.29, 1.82) is 0 Å². The van der Waals surface area contributed by atoms with Crippen molar-refractivity contribution in [3.63, 3.8) is 0 Å². The minimum atomic E-state index is -3.59. The van der Waals surface area contributed by atoms with E-state index in [4.69, 9.17) is 0 Å². The molecule has 1 N–H and O–H groups in total. The van der Waals surface area contributed by atoms with Crippen molar-refractivity contribution in [2.75, 3.05) is 18.0 Å². The molecule has 126 valence electrons. The molecule has 0 atom stereocenters. The van der Waals surface area contributed by atoms with Crippen molar-refractivity contribution in [2.24, 2.45) is 0 Å². The fourth-order valence-corrected chi connectivity index (χ4v) is 3.23. The first-order chi connectivity index (χ1) is 11.5. The van der Waals surface area contributed by atoms with E-state index < -0.39 is 10.0 Å². The number of carbonyl (C=O) groups is 1. The van der Waals surface area contributed by atoms with Gasteiger partial charge in [0.2, 0.25) is 10.0 Å². The molecule has 0 saturated heterocycles. The van der Waals surface area contributed by atoms with Crippen LogP contribution in [0.5, 0.6) is 0 Å². The molecule has 0 bridgehead atoms. The number of anilines is 1. The minimum Gasteiger partial charge on any atom is -0.309 e. The van der Waals surface area contributed by atoms with Crippen LogP contribution in [0.2, 0.25) is 0 Å². The van der Waals surface area contributed by atoms with E-state index in [-0.39, 0.29) is 17.3 Å². The normalized spacial score (nSPS) is 11.0. The Labute approximate surface area is 142 Å². The molecule has 6 heteroatoms. The molecule has 0 saturated carbocycles. The Hall–Kier alpha value is -2.44. The van der Waals surface area contributed by atoms with Crippen LogP contribution < -0.4 is 9.62 Å². The van der Waals surface area contributed by atoms with Gasteiger partial charge in [0.15, 0.2) is 0 Å². The molecule has 0 aliphatic carbocycles. The number of nitrogens with one attached hydrogen (secondary N) is 1. The Bertz CT molecular complexity index is 800. The number of nitrogens with zero attached hydrogens (tertiary/aromatic N) is 1. The predicted octanol–water partition coefficient (Wildman–Crippen LogP) is 2.82. The van der Waals surface area contributed by atoms with Crippen molar-refractivity contribution in [1.82, 2.24) is 4.72 Å². The number of benzene rings is 2. The zero-order valence-corrected chi connectivity index (χ0v) is 14.3. The molecule has 24 heavy (non-hydrogen) atoms. The molecular weight excluding hydrogens is 324 g/mol. The second-order valence-corrected chi connectivity index (χ2v) is 6.82. The van der Waals surface area contributed by atoms with Crippen LogP contribution in [0, 0.1) is 0 Å². The lowest BCUT2D eigenvalue weighted by atomic mass is 10.2. The number of para-hydroxylation sites is 1. The predicted molar refractivity (Wildman–Crippen MR) is 95.6 cm³/mol. The van der Waals surface area contributed by atoms with Crippen molar-refractivity contribution in [3.05, 3.63) is 72.8 Å². The molecule has 2 rings (SSSR count). The smallest absolute Gasteiger partial charge is 0.258 e. The van der Waals surface area contributed by atoms with Crippen LogP contribution in [0.1, 0.15) is 17.3 Å². The number of amides is 1.